The van der Waals surface area contributed by atoms with Crippen LogP contribution in [0.25, 0.3) is 11.1 Å². The summed E-state index contributed by atoms with van der Waals surface area (Å²) < 4.78 is 34.4. The first-order valence-corrected chi connectivity index (χ1v) is 8.46. The molecule has 0 bridgehead atoms. The highest BCUT2D eigenvalue weighted by Gasteiger charge is 2.27. The van der Waals surface area contributed by atoms with Gasteiger partial charge in [0.1, 0.15) is 11.5 Å². The van der Waals surface area contributed by atoms with Gasteiger partial charge in [-0.25, -0.2) is 8.42 Å². The molecule has 0 heterocycles. The number of halogens is 1. The van der Waals surface area contributed by atoms with E-state index in [0.29, 0.717) is 11.1 Å². The van der Waals surface area contributed by atoms with Gasteiger partial charge in [0.25, 0.3) is 9.05 Å². The molecule has 2 rings (SSSR count). The average Bonchev–Trinajstić information content (AvgIpc) is 2.46. The van der Waals surface area contributed by atoms with Crippen molar-refractivity contribution in [2.75, 3.05) is 14.2 Å². The Kier molecular flexibility index (Phi) is 4.44. The molecule has 0 saturated carbocycles. The summed E-state index contributed by atoms with van der Waals surface area (Å²) >= 11 is 0. The van der Waals surface area contributed by atoms with Crippen LogP contribution in [0.1, 0.15) is 5.56 Å². The van der Waals surface area contributed by atoms with Gasteiger partial charge in [0.15, 0.2) is 4.90 Å². The fourth-order valence-corrected chi connectivity index (χ4v) is 3.56. The lowest BCUT2D eigenvalue weighted by Gasteiger charge is -2.17. The van der Waals surface area contributed by atoms with Gasteiger partial charge in [-0.2, -0.15) is 0 Å². The zero-order valence-electron chi connectivity index (χ0n) is 11.9. The van der Waals surface area contributed by atoms with Crippen molar-refractivity contribution in [1.82, 2.24) is 0 Å². The molecule has 0 aliphatic heterocycles. The molecule has 0 atom stereocenters. The summed E-state index contributed by atoms with van der Waals surface area (Å²) in [6.45, 7) is 1.76. The third kappa shape index (κ3) is 2.99. The van der Waals surface area contributed by atoms with Crippen LogP contribution in [0.5, 0.6) is 11.5 Å². The van der Waals surface area contributed by atoms with E-state index in [1.165, 1.54) is 14.2 Å². The molecule has 0 aromatic heterocycles. The van der Waals surface area contributed by atoms with Crippen LogP contribution in [0.3, 0.4) is 0 Å². The summed E-state index contributed by atoms with van der Waals surface area (Å²) in [5.41, 5.74) is 2.15. The Morgan fingerprint density at radius 2 is 1.57 bits per heavy atom. The molecule has 0 saturated heterocycles. The van der Waals surface area contributed by atoms with Gasteiger partial charge < -0.3 is 9.47 Å². The standard InChI is InChI=1S/C15H15ClO4S/c1-10-9-12(11-7-5-4-6-8-11)14(20-3)15(13(10)19-2)21(16,17)18/h4-9H,1-3H3. The van der Waals surface area contributed by atoms with Crippen molar-refractivity contribution in [2.45, 2.75) is 11.8 Å². The Morgan fingerprint density at radius 3 is 2.05 bits per heavy atom. The molecule has 2 aromatic carbocycles. The van der Waals surface area contributed by atoms with Gasteiger partial charge in [-0.05, 0) is 24.1 Å². The maximum atomic E-state index is 11.9. The van der Waals surface area contributed by atoms with E-state index < -0.39 is 9.05 Å². The summed E-state index contributed by atoms with van der Waals surface area (Å²) in [4.78, 5) is -0.145. The van der Waals surface area contributed by atoms with Crippen molar-refractivity contribution >= 4 is 19.7 Å². The highest BCUT2D eigenvalue weighted by molar-refractivity contribution is 8.14. The zero-order chi connectivity index (χ0) is 15.6. The predicted molar refractivity (Wildman–Crippen MR) is 82.8 cm³/mol. The van der Waals surface area contributed by atoms with E-state index in [0.717, 1.165) is 5.56 Å². The van der Waals surface area contributed by atoms with E-state index in [2.05, 4.69) is 0 Å². The van der Waals surface area contributed by atoms with Gasteiger partial charge in [-0.15, -0.1) is 0 Å². The Bertz CT molecular complexity index is 755. The molecular formula is C15H15ClO4S. The lowest BCUT2D eigenvalue weighted by Crippen LogP contribution is -2.03. The molecule has 21 heavy (non-hydrogen) atoms. The summed E-state index contributed by atoms with van der Waals surface area (Å²) in [5.74, 6) is 0.375. The number of ether oxygens (including phenoxy) is 2. The van der Waals surface area contributed by atoms with Crippen molar-refractivity contribution in [1.29, 1.82) is 0 Å². The first-order valence-electron chi connectivity index (χ1n) is 6.15. The fourth-order valence-electron chi connectivity index (χ4n) is 2.26. The highest BCUT2D eigenvalue weighted by Crippen LogP contribution is 2.44. The van der Waals surface area contributed by atoms with Gasteiger partial charge in [-0.3, -0.25) is 0 Å². The minimum Gasteiger partial charge on any atom is -0.495 e. The first kappa shape index (κ1) is 15.7. The van der Waals surface area contributed by atoms with Crippen LogP contribution in [0.2, 0.25) is 0 Å². The molecule has 0 radical (unpaired) electrons. The minimum absolute atomic E-state index is 0.145. The molecule has 0 amide bonds. The molecule has 0 spiro atoms. The molecule has 112 valence electrons. The molecule has 0 fully saturated rings. The van der Waals surface area contributed by atoms with E-state index in [4.69, 9.17) is 20.2 Å². The van der Waals surface area contributed by atoms with Crippen molar-refractivity contribution in [3.05, 3.63) is 42.0 Å². The third-order valence-corrected chi connectivity index (χ3v) is 4.43. The van der Waals surface area contributed by atoms with Crippen LogP contribution in [0, 0.1) is 6.92 Å². The molecule has 0 aliphatic carbocycles. The number of hydrogen-bond acceptors (Lipinski definition) is 4. The molecule has 4 nitrogen and oxygen atoms in total. The van der Waals surface area contributed by atoms with Crippen LogP contribution in [0.15, 0.2) is 41.3 Å². The summed E-state index contributed by atoms with van der Waals surface area (Å²) in [6.07, 6.45) is 0. The van der Waals surface area contributed by atoms with Crippen LogP contribution in [-0.2, 0) is 9.05 Å². The van der Waals surface area contributed by atoms with Crippen molar-refractivity contribution in [3.8, 4) is 22.6 Å². The van der Waals surface area contributed by atoms with E-state index in [1.807, 2.05) is 36.4 Å². The van der Waals surface area contributed by atoms with E-state index in [1.54, 1.807) is 6.92 Å². The SMILES string of the molecule is COc1c(C)cc(-c2ccccc2)c(OC)c1S(=O)(=O)Cl. The second-order valence-corrected chi connectivity index (χ2v) is 6.94. The molecule has 0 aliphatic rings. The van der Waals surface area contributed by atoms with Crippen molar-refractivity contribution in [3.63, 3.8) is 0 Å². The van der Waals surface area contributed by atoms with E-state index >= 15 is 0 Å². The van der Waals surface area contributed by atoms with E-state index in [9.17, 15) is 8.42 Å². The van der Waals surface area contributed by atoms with Crippen molar-refractivity contribution < 1.29 is 17.9 Å². The second-order valence-electron chi connectivity index (χ2n) is 4.44. The number of rotatable bonds is 4. The number of hydrogen-bond donors (Lipinski definition) is 0. The monoisotopic (exact) mass is 326 g/mol. The normalized spacial score (nSPS) is 11.2. The number of benzene rings is 2. The Balaban J connectivity index is 2.90. The Hall–Kier alpha value is -1.72. The molecule has 0 N–H and O–H groups in total. The highest BCUT2D eigenvalue weighted by atomic mass is 35.7. The van der Waals surface area contributed by atoms with E-state index in [-0.39, 0.29) is 16.4 Å². The van der Waals surface area contributed by atoms with Gasteiger partial charge >= 0.3 is 0 Å². The largest absolute Gasteiger partial charge is 0.495 e. The molecular weight excluding hydrogens is 312 g/mol. The van der Waals surface area contributed by atoms with Crippen LogP contribution in [-0.4, -0.2) is 22.6 Å². The predicted octanol–water partition coefficient (Wildman–Crippen LogP) is 3.61. The smallest absolute Gasteiger partial charge is 0.268 e. The van der Waals surface area contributed by atoms with Crippen LogP contribution in [0.4, 0.5) is 0 Å². The molecule has 2 aromatic rings. The van der Waals surface area contributed by atoms with Crippen molar-refractivity contribution in [2.24, 2.45) is 0 Å². The summed E-state index contributed by atoms with van der Waals surface area (Å²) in [5, 5.41) is 0. The number of aryl methyl sites for hydroxylation is 1. The Labute approximate surface area is 128 Å². The zero-order valence-corrected chi connectivity index (χ0v) is 13.5. The molecule has 0 unspecified atom stereocenters. The van der Waals surface area contributed by atoms with Gasteiger partial charge in [0.2, 0.25) is 0 Å². The van der Waals surface area contributed by atoms with Gasteiger partial charge in [0.05, 0.1) is 14.2 Å². The Morgan fingerprint density at radius 1 is 1.00 bits per heavy atom. The number of methoxy groups -OCH3 is 2. The molecule has 6 heteroatoms. The second kappa shape index (κ2) is 5.95. The average molecular weight is 327 g/mol. The third-order valence-electron chi connectivity index (χ3n) is 3.11. The topological polar surface area (TPSA) is 52.6 Å². The maximum absolute atomic E-state index is 11.9. The first-order chi connectivity index (χ1) is 9.90. The lowest BCUT2D eigenvalue weighted by atomic mass is 10.0. The summed E-state index contributed by atoms with van der Waals surface area (Å²) in [7, 11) is 4.35. The van der Waals surface area contributed by atoms with Gasteiger partial charge in [0, 0.05) is 16.2 Å². The maximum Gasteiger partial charge on any atom is 0.268 e. The van der Waals surface area contributed by atoms with Gasteiger partial charge in [-0.1, -0.05) is 30.3 Å². The lowest BCUT2D eigenvalue weighted by molar-refractivity contribution is 0.373. The van der Waals surface area contributed by atoms with Crippen LogP contribution >= 0.6 is 10.7 Å². The quantitative estimate of drug-likeness (QED) is 0.805. The van der Waals surface area contributed by atoms with Crippen LogP contribution < -0.4 is 9.47 Å². The minimum atomic E-state index is -4.02. The fraction of sp³-hybridized carbons (Fsp3) is 0.200. The summed E-state index contributed by atoms with van der Waals surface area (Å²) in [6, 6.07) is 11.2.